The number of carbonyl (C=O) groups is 1. The highest BCUT2D eigenvalue weighted by Crippen LogP contribution is 2.11. The molecule has 0 radical (unpaired) electrons. The lowest BCUT2D eigenvalue weighted by Crippen LogP contribution is -2.20. The van der Waals surface area contributed by atoms with Gasteiger partial charge in [0, 0.05) is 19.3 Å². The van der Waals surface area contributed by atoms with E-state index in [1.54, 1.807) is 13.1 Å². The number of nitrogens with zero attached hydrogens (tertiary/aromatic N) is 2. The molecule has 0 amide bonds. The van der Waals surface area contributed by atoms with E-state index in [1.165, 1.54) is 12.8 Å². The third-order valence-electron chi connectivity index (χ3n) is 2.57. The van der Waals surface area contributed by atoms with Crippen LogP contribution >= 0.6 is 0 Å². The van der Waals surface area contributed by atoms with Gasteiger partial charge in [0.1, 0.15) is 6.07 Å². The van der Waals surface area contributed by atoms with Crippen molar-refractivity contribution in [3.63, 3.8) is 0 Å². The predicted molar refractivity (Wildman–Crippen MR) is 60.4 cm³/mol. The number of rotatable bonds is 3. The first-order chi connectivity index (χ1) is 7.77. The van der Waals surface area contributed by atoms with Crippen molar-refractivity contribution in [3.8, 4) is 6.07 Å². The summed E-state index contributed by atoms with van der Waals surface area (Å²) in [6, 6.07) is 1.90. The smallest absolute Gasteiger partial charge is 0.350 e. The van der Waals surface area contributed by atoms with Crippen LogP contribution in [0.1, 0.15) is 32.6 Å². The van der Waals surface area contributed by atoms with Gasteiger partial charge in [0.2, 0.25) is 0 Å². The van der Waals surface area contributed by atoms with Gasteiger partial charge in [-0.2, -0.15) is 5.26 Å². The van der Waals surface area contributed by atoms with E-state index >= 15 is 0 Å². The highest BCUT2D eigenvalue weighted by molar-refractivity contribution is 5.92. The topological polar surface area (TPSA) is 53.3 Å². The molecule has 0 aromatic heterocycles. The molecular formula is C12H18N2O2. The summed E-state index contributed by atoms with van der Waals surface area (Å²) in [7, 11) is 0. The van der Waals surface area contributed by atoms with Gasteiger partial charge in [-0.1, -0.05) is 12.8 Å². The Balaban J connectivity index is 2.63. The third-order valence-corrected chi connectivity index (χ3v) is 2.57. The summed E-state index contributed by atoms with van der Waals surface area (Å²) >= 11 is 0. The Morgan fingerprint density at radius 1 is 1.38 bits per heavy atom. The fourth-order valence-corrected chi connectivity index (χ4v) is 1.74. The standard InChI is InChI=1S/C12H18N2O2/c1-2-16-12(15)11(9-13)10-14-7-5-3-4-6-8-14/h10H,2-8H2,1H3. The van der Waals surface area contributed by atoms with Gasteiger partial charge in [0.25, 0.3) is 0 Å². The molecule has 1 heterocycles. The maximum absolute atomic E-state index is 11.4. The Morgan fingerprint density at radius 3 is 2.50 bits per heavy atom. The lowest BCUT2D eigenvalue weighted by Gasteiger charge is -2.17. The fourth-order valence-electron chi connectivity index (χ4n) is 1.74. The molecule has 1 rings (SSSR count). The van der Waals surface area contributed by atoms with E-state index in [4.69, 9.17) is 10.00 Å². The molecule has 0 bridgehead atoms. The number of hydrogen-bond acceptors (Lipinski definition) is 4. The maximum atomic E-state index is 11.4. The summed E-state index contributed by atoms with van der Waals surface area (Å²) in [6.07, 6.45) is 6.34. The lowest BCUT2D eigenvalue weighted by molar-refractivity contribution is -0.138. The summed E-state index contributed by atoms with van der Waals surface area (Å²) in [6.45, 7) is 3.88. The molecule has 16 heavy (non-hydrogen) atoms. The van der Waals surface area contributed by atoms with Crippen molar-refractivity contribution in [2.24, 2.45) is 0 Å². The van der Waals surface area contributed by atoms with Crippen LogP contribution in [0.3, 0.4) is 0 Å². The molecule has 0 aliphatic carbocycles. The van der Waals surface area contributed by atoms with Gasteiger partial charge in [-0.15, -0.1) is 0 Å². The Hall–Kier alpha value is -1.50. The molecule has 0 spiro atoms. The minimum absolute atomic E-state index is 0.101. The van der Waals surface area contributed by atoms with Crippen molar-refractivity contribution in [2.75, 3.05) is 19.7 Å². The van der Waals surface area contributed by atoms with E-state index in [2.05, 4.69) is 0 Å². The zero-order valence-corrected chi connectivity index (χ0v) is 9.74. The summed E-state index contributed by atoms with van der Waals surface area (Å²) in [5, 5.41) is 8.88. The molecule has 4 heteroatoms. The van der Waals surface area contributed by atoms with Crippen LogP contribution in [0, 0.1) is 11.3 Å². The van der Waals surface area contributed by atoms with E-state index in [9.17, 15) is 4.79 Å². The van der Waals surface area contributed by atoms with Gasteiger partial charge in [0.05, 0.1) is 6.61 Å². The number of hydrogen-bond donors (Lipinski definition) is 0. The summed E-state index contributed by atoms with van der Waals surface area (Å²) in [5.74, 6) is -0.519. The zero-order valence-electron chi connectivity index (χ0n) is 9.74. The first-order valence-corrected chi connectivity index (χ1v) is 5.81. The van der Waals surface area contributed by atoms with Gasteiger partial charge in [0.15, 0.2) is 5.57 Å². The van der Waals surface area contributed by atoms with E-state index in [0.29, 0.717) is 6.61 Å². The monoisotopic (exact) mass is 222 g/mol. The molecule has 0 aromatic rings. The number of esters is 1. The number of nitriles is 1. The summed E-state index contributed by atoms with van der Waals surface area (Å²) in [4.78, 5) is 13.4. The number of carbonyl (C=O) groups excluding carboxylic acids is 1. The highest BCUT2D eigenvalue weighted by atomic mass is 16.5. The van der Waals surface area contributed by atoms with Crippen molar-refractivity contribution < 1.29 is 9.53 Å². The van der Waals surface area contributed by atoms with Crippen LogP contribution in [-0.4, -0.2) is 30.6 Å². The first kappa shape index (κ1) is 12.6. The normalized spacial score (nSPS) is 17.5. The third kappa shape index (κ3) is 3.93. The Bertz CT molecular complexity index is 297. The van der Waals surface area contributed by atoms with E-state index < -0.39 is 5.97 Å². The number of ether oxygens (including phenoxy) is 1. The minimum Gasteiger partial charge on any atom is -0.462 e. The zero-order chi connectivity index (χ0) is 11.8. The second-order valence-electron chi connectivity index (χ2n) is 3.83. The molecule has 1 saturated heterocycles. The van der Waals surface area contributed by atoms with Crippen molar-refractivity contribution >= 4 is 5.97 Å². The van der Waals surface area contributed by atoms with E-state index in [0.717, 1.165) is 25.9 Å². The highest BCUT2D eigenvalue weighted by Gasteiger charge is 2.13. The van der Waals surface area contributed by atoms with Crippen molar-refractivity contribution in [2.45, 2.75) is 32.6 Å². The van der Waals surface area contributed by atoms with E-state index in [1.807, 2.05) is 11.0 Å². The Morgan fingerprint density at radius 2 is 2.00 bits per heavy atom. The molecule has 0 atom stereocenters. The molecule has 1 aliphatic rings. The largest absolute Gasteiger partial charge is 0.462 e. The van der Waals surface area contributed by atoms with Crippen LogP contribution in [0.2, 0.25) is 0 Å². The Kier molecular flexibility index (Phi) is 5.41. The molecule has 0 aromatic carbocycles. The first-order valence-electron chi connectivity index (χ1n) is 5.81. The fraction of sp³-hybridized carbons (Fsp3) is 0.667. The van der Waals surface area contributed by atoms with Gasteiger partial charge in [-0.05, 0) is 19.8 Å². The average Bonchev–Trinajstić information content (AvgIpc) is 2.54. The van der Waals surface area contributed by atoms with Crippen LogP contribution < -0.4 is 0 Å². The van der Waals surface area contributed by atoms with Gasteiger partial charge in [-0.25, -0.2) is 4.79 Å². The molecule has 1 fully saturated rings. The van der Waals surface area contributed by atoms with Crippen LogP contribution in [0.15, 0.2) is 11.8 Å². The predicted octanol–water partition coefficient (Wildman–Crippen LogP) is 1.83. The second kappa shape index (κ2) is 6.89. The van der Waals surface area contributed by atoms with Gasteiger partial charge in [-0.3, -0.25) is 0 Å². The van der Waals surface area contributed by atoms with Crippen molar-refractivity contribution in [1.29, 1.82) is 5.26 Å². The van der Waals surface area contributed by atoms with Crippen LogP contribution in [0.4, 0.5) is 0 Å². The van der Waals surface area contributed by atoms with Crippen molar-refractivity contribution in [3.05, 3.63) is 11.8 Å². The molecule has 0 unspecified atom stereocenters. The summed E-state index contributed by atoms with van der Waals surface area (Å²) in [5.41, 5.74) is 0.101. The van der Waals surface area contributed by atoms with Crippen LogP contribution in [0.5, 0.6) is 0 Å². The molecular weight excluding hydrogens is 204 g/mol. The SMILES string of the molecule is CCOC(=O)C(C#N)=CN1CCCCCC1. The lowest BCUT2D eigenvalue weighted by atomic mass is 10.2. The van der Waals surface area contributed by atoms with Gasteiger partial charge < -0.3 is 9.64 Å². The van der Waals surface area contributed by atoms with Crippen LogP contribution in [0.25, 0.3) is 0 Å². The van der Waals surface area contributed by atoms with Crippen LogP contribution in [-0.2, 0) is 9.53 Å². The quantitative estimate of drug-likeness (QED) is 0.415. The number of likely N-dealkylation sites (tertiary alicyclic amines) is 1. The average molecular weight is 222 g/mol. The van der Waals surface area contributed by atoms with Gasteiger partial charge >= 0.3 is 5.97 Å². The van der Waals surface area contributed by atoms with Crippen molar-refractivity contribution in [1.82, 2.24) is 4.90 Å². The molecule has 88 valence electrons. The molecule has 0 saturated carbocycles. The molecule has 4 nitrogen and oxygen atoms in total. The molecule has 0 N–H and O–H groups in total. The van der Waals surface area contributed by atoms with E-state index in [-0.39, 0.29) is 5.57 Å². The summed E-state index contributed by atoms with van der Waals surface area (Å²) < 4.78 is 4.81. The Labute approximate surface area is 96.5 Å². The maximum Gasteiger partial charge on any atom is 0.350 e. The second-order valence-corrected chi connectivity index (χ2v) is 3.83. The molecule has 1 aliphatic heterocycles. The minimum atomic E-state index is -0.519.